The minimum atomic E-state index is -0.497. The highest BCUT2D eigenvalue weighted by Crippen LogP contribution is 2.30. The zero-order valence-corrected chi connectivity index (χ0v) is 17.0. The molecule has 1 fully saturated rings. The number of likely N-dealkylation sites (tertiary alicyclic amines) is 1. The Kier molecular flexibility index (Phi) is 5.77. The largest absolute Gasteiger partial charge is 0.437 e. The van der Waals surface area contributed by atoms with Crippen LogP contribution in [0.4, 0.5) is 17.3 Å². The van der Waals surface area contributed by atoms with Crippen LogP contribution in [0.2, 0.25) is 5.02 Å². The minimum Gasteiger partial charge on any atom is -0.437 e. The lowest BCUT2D eigenvalue weighted by molar-refractivity contribution is -0.384. The lowest BCUT2D eigenvalue weighted by Crippen LogP contribution is -2.31. The van der Waals surface area contributed by atoms with E-state index in [4.69, 9.17) is 16.3 Å². The molecule has 3 heterocycles. The van der Waals surface area contributed by atoms with Gasteiger partial charge in [-0.3, -0.25) is 14.8 Å². The van der Waals surface area contributed by atoms with Gasteiger partial charge in [0.2, 0.25) is 11.8 Å². The number of halogens is 1. The predicted octanol–water partition coefficient (Wildman–Crippen LogP) is 4.04. The number of hydrogen-bond acceptors (Lipinski definition) is 8. The summed E-state index contributed by atoms with van der Waals surface area (Å²) in [5.74, 6) is 0.631. The van der Waals surface area contributed by atoms with Crippen molar-refractivity contribution in [1.82, 2.24) is 24.6 Å². The highest BCUT2D eigenvalue weighted by atomic mass is 35.5. The summed E-state index contributed by atoms with van der Waals surface area (Å²) < 4.78 is 7.60. The molecule has 11 heteroatoms. The van der Waals surface area contributed by atoms with Crippen LogP contribution in [0.25, 0.3) is 0 Å². The summed E-state index contributed by atoms with van der Waals surface area (Å²) in [6.07, 6.45) is 7.16. The van der Waals surface area contributed by atoms with Gasteiger partial charge in [0.15, 0.2) is 0 Å². The average Bonchev–Trinajstić information content (AvgIpc) is 3.20. The van der Waals surface area contributed by atoms with Crippen molar-refractivity contribution in [2.24, 2.45) is 0 Å². The summed E-state index contributed by atoms with van der Waals surface area (Å²) in [5, 5.41) is 18.7. The molecule has 1 aliphatic rings. The number of anilines is 2. The van der Waals surface area contributed by atoms with Gasteiger partial charge < -0.3 is 15.0 Å². The number of rotatable bonds is 6. The lowest BCUT2D eigenvalue weighted by atomic mass is 10.1. The van der Waals surface area contributed by atoms with Crippen LogP contribution in [0.1, 0.15) is 18.9 Å². The first kappa shape index (κ1) is 20.0. The molecule has 1 aliphatic heterocycles. The van der Waals surface area contributed by atoms with E-state index < -0.39 is 4.92 Å². The zero-order chi connectivity index (χ0) is 21.1. The van der Waals surface area contributed by atoms with Gasteiger partial charge >= 0.3 is 0 Å². The first-order valence-electron chi connectivity index (χ1n) is 9.42. The Morgan fingerprint density at radius 3 is 2.87 bits per heavy atom. The van der Waals surface area contributed by atoms with Crippen molar-refractivity contribution >= 4 is 28.9 Å². The van der Waals surface area contributed by atoms with Gasteiger partial charge in [-0.05, 0) is 39.0 Å². The molecule has 30 heavy (non-hydrogen) atoms. The second-order valence-corrected chi connectivity index (χ2v) is 7.48. The number of hydrogen-bond donors (Lipinski definition) is 1. The lowest BCUT2D eigenvalue weighted by Gasteiger charge is -2.28. The molecule has 0 saturated carbocycles. The van der Waals surface area contributed by atoms with Crippen molar-refractivity contribution < 1.29 is 9.66 Å². The monoisotopic (exact) mass is 429 g/mol. The summed E-state index contributed by atoms with van der Waals surface area (Å²) >= 11 is 6.14. The molecule has 0 spiro atoms. The van der Waals surface area contributed by atoms with Crippen molar-refractivity contribution in [3.8, 4) is 11.6 Å². The van der Waals surface area contributed by atoms with E-state index in [0.29, 0.717) is 6.04 Å². The number of benzene rings is 1. The standard InChI is InChI=1S/C19H20ClN7O3/c1-25-7-5-14(6-8-25)26-12-13(10-22-26)23-19-21-11-17(20)18(24-19)30-16-4-2-3-15(9-16)27(28)29/h2-4,9-12,14H,5-8H2,1H3,(H,21,23,24). The van der Waals surface area contributed by atoms with Crippen LogP contribution in [-0.2, 0) is 0 Å². The van der Waals surface area contributed by atoms with E-state index in [9.17, 15) is 10.1 Å². The van der Waals surface area contributed by atoms with E-state index in [1.165, 1.54) is 24.4 Å². The van der Waals surface area contributed by atoms with Crippen LogP contribution in [-0.4, -0.2) is 49.7 Å². The number of nitrogens with zero attached hydrogens (tertiary/aromatic N) is 6. The molecule has 0 bridgehead atoms. The average molecular weight is 430 g/mol. The van der Waals surface area contributed by atoms with Gasteiger partial charge in [0.25, 0.3) is 5.69 Å². The van der Waals surface area contributed by atoms with E-state index in [1.54, 1.807) is 12.3 Å². The van der Waals surface area contributed by atoms with Gasteiger partial charge in [-0.2, -0.15) is 10.1 Å². The Morgan fingerprint density at radius 1 is 1.30 bits per heavy atom. The molecule has 1 aromatic carbocycles. The van der Waals surface area contributed by atoms with Crippen LogP contribution in [0.15, 0.2) is 42.9 Å². The topological polar surface area (TPSA) is 111 Å². The summed E-state index contributed by atoms with van der Waals surface area (Å²) in [7, 11) is 2.12. The molecule has 0 aliphatic carbocycles. The van der Waals surface area contributed by atoms with Crippen molar-refractivity contribution in [1.29, 1.82) is 0 Å². The number of nitro groups is 1. The third kappa shape index (κ3) is 4.66. The van der Waals surface area contributed by atoms with Gasteiger partial charge in [-0.15, -0.1) is 0 Å². The second-order valence-electron chi connectivity index (χ2n) is 7.07. The van der Waals surface area contributed by atoms with Crippen molar-refractivity contribution in [3.05, 3.63) is 58.0 Å². The third-order valence-corrected chi connectivity index (χ3v) is 5.13. The van der Waals surface area contributed by atoms with E-state index in [0.717, 1.165) is 31.6 Å². The maximum Gasteiger partial charge on any atom is 0.273 e. The normalized spacial score (nSPS) is 15.1. The fraction of sp³-hybridized carbons (Fsp3) is 0.316. The van der Waals surface area contributed by atoms with Crippen LogP contribution < -0.4 is 10.1 Å². The van der Waals surface area contributed by atoms with Gasteiger partial charge in [-0.1, -0.05) is 17.7 Å². The number of nitro benzene ring substituents is 1. The van der Waals surface area contributed by atoms with Gasteiger partial charge in [-0.25, -0.2) is 4.98 Å². The van der Waals surface area contributed by atoms with Crippen LogP contribution in [0.3, 0.4) is 0 Å². The number of nitrogens with one attached hydrogen (secondary N) is 1. The molecule has 0 amide bonds. The Labute approximate surface area is 177 Å². The number of non-ortho nitro benzene ring substituents is 1. The van der Waals surface area contributed by atoms with Crippen molar-refractivity contribution in [3.63, 3.8) is 0 Å². The SMILES string of the molecule is CN1CCC(n2cc(Nc3ncc(Cl)c(Oc4cccc([N+](=O)[O-])c4)n3)cn2)CC1. The first-order valence-corrected chi connectivity index (χ1v) is 9.80. The molecular weight excluding hydrogens is 410 g/mol. The van der Waals surface area contributed by atoms with Crippen LogP contribution in [0.5, 0.6) is 11.6 Å². The number of ether oxygens (including phenoxy) is 1. The predicted molar refractivity (Wildman–Crippen MR) is 111 cm³/mol. The fourth-order valence-electron chi connectivity index (χ4n) is 3.25. The van der Waals surface area contributed by atoms with E-state index in [1.807, 2.05) is 10.9 Å². The van der Waals surface area contributed by atoms with E-state index in [-0.39, 0.29) is 28.3 Å². The Bertz CT molecular complexity index is 1050. The van der Waals surface area contributed by atoms with Gasteiger partial charge in [0.05, 0.1) is 35.1 Å². The molecule has 1 N–H and O–H groups in total. The molecular formula is C19H20ClN7O3. The molecule has 2 aromatic heterocycles. The van der Waals surface area contributed by atoms with Gasteiger partial charge in [0, 0.05) is 12.3 Å². The maximum absolute atomic E-state index is 10.9. The first-order chi connectivity index (χ1) is 14.5. The molecule has 3 aromatic rings. The summed E-state index contributed by atoms with van der Waals surface area (Å²) in [6, 6.07) is 6.17. The Morgan fingerprint density at radius 2 is 2.10 bits per heavy atom. The highest BCUT2D eigenvalue weighted by molar-refractivity contribution is 6.31. The Hall–Kier alpha value is -3.24. The third-order valence-electron chi connectivity index (χ3n) is 4.87. The molecule has 10 nitrogen and oxygen atoms in total. The molecule has 156 valence electrons. The quantitative estimate of drug-likeness (QED) is 0.461. The van der Waals surface area contributed by atoms with Crippen molar-refractivity contribution in [2.75, 3.05) is 25.5 Å². The number of piperidine rings is 1. The zero-order valence-electron chi connectivity index (χ0n) is 16.2. The molecule has 1 saturated heterocycles. The second kappa shape index (κ2) is 8.64. The van der Waals surface area contributed by atoms with Crippen LogP contribution in [0, 0.1) is 10.1 Å². The smallest absolute Gasteiger partial charge is 0.273 e. The molecule has 0 radical (unpaired) electrons. The summed E-state index contributed by atoms with van der Waals surface area (Å²) in [4.78, 5) is 21.2. The molecule has 0 unspecified atom stereocenters. The van der Waals surface area contributed by atoms with E-state index in [2.05, 4.69) is 32.3 Å². The van der Waals surface area contributed by atoms with Crippen molar-refractivity contribution in [2.45, 2.75) is 18.9 Å². The molecule has 4 rings (SSSR count). The minimum absolute atomic E-state index is 0.0858. The fourth-order valence-corrected chi connectivity index (χ4v) is 3.38. The van der Waals surface area contributed by atoms with Gasteiger partial charge in [0.1, 0.15) is 10.8 Å². The Balaban J connectivity index is 1.47. The van der Waals surface area contributed by atoms with Crippen LogP contribution >= 0.6 is 11.6 Å². The number of aromatic nitrogens is 4. The van der Waals surface area contributed by atoms with E-state index >= 15 is 0 Å². The summed E-state index contributed by atoms with van der Waals surface area (Å²) in [6.45, 7) is 2.10. The maximum atomic E-state index is 10.9. The molecule has 0 atom stereocenters. The summed E-state index contributed by atoms with van der Waals surface area (Å²) in [5.41, 5.74) is 0.662. The highest BCUT2D eigenvalue weighted by Gasteiger charge is 2.19.